The highest BCUT2D eigenvalue weighted by Gasteiger charge is 2.27. The lowest BCUT2D eigenvalue weighted by Gasteiger charge is -2.35. The number of benzene rings is 1. The van der Waals surface area contributed by atoms with Crippen molar-refractivity contribution in [2.24, 2.45) is 11.7 Å². The molecular weight excluding hydrogens is 336 g/mol. The summed E-state index contributed by atoms with van der Waals surface area (Å²) in [4.78, 5) is 20.1. The van der Waals surface area contributed by atoms with Crippen LogP contribution in [0.2, 0.25) is 0 Å². The smallest absolute Gasteiger partial charge is 0.254 e. The molecule has 2 aromatic rings. The molecule has 134 valence electrons. The highest BCUT2D eigenvalue weighted by Crippen LogP contribution is 2.28. The number of hydrogen-bond acceptors (Lipinski definition) is 6. The van der Waals surface area contributed by atoms with Crippen molar-refractivity contribution < 1.29 is 9.32 Å². The first-order valence-corrected chi connectivity index (χ1v) is 9.59. The zero-order valence-electron chi connectivity index (χ0n) is 14.6. The maximum atomic E-state index is 13.0. The van der Waals surface area contributed by atoms with Gasteiger partial charge in [-0.3, -0.25) is 4.79 Å². The Bertz CT molecular complexity index is 731. The number of rotatable bonds is 5. The fourth-order valence-electron chi connectivity index (χ4n) is 3.10. The van der Waals surface area contributed by atoms with Crippen molar-refractivity contribution in [1.29, 1.82) is 0 Å². The van der Waals surface area contributed by atoms with Crippen molar-refractivity contribution in [2.45, 2.75) is 43.4 Å². The van der Waals surface area contributed by atoms with Gasteiger partial charge in [-0.25, -0.2) is 0 Å². The Morgan fingerprint density at radius 3 is 3.00 bits per heavy atom. The van der Waals surface area contributed by atoms with Gasteiger partial charge in [-0.05, 0) is 44.7 Å². The van der Waals surface area contributed by atoms with E-state index in [4.69, 9.17) is 10.3 Å². The van der Waals surface area contributed by atoms with E-state index in [9.17, 15) is 4.79 Å². The second kappa shape index (κ2) is 8.01. The second-order valence-electron chi connectivity index (χ2n) is 6.53. The fourth-order valence-corrected chi connectivity index (χ4v) is 3.98. The maximum Gasteiger partial charge on any atom is 0.254 e. The van der Waals surface area contributed by atoms with Crippen LogP contribution in [0.5, 0.6) is 0 Å². The number of thioether (sulfide) groups is 1. The first-order valence-electron chi connectivity index (χ1n) is 8.60. The molecule has 25 heavy (non-hydrogen) atoms. The standard InChI is InChI=1S/C18H24N4O2S/c1-12(19)14-6-5-9-22(10-14)18(23)15-7-3-4-8-16(15)25-11-17-20-13(2)21-24-17/h3-4,7-8,12,14H,5-6,9-11,19H2,1-2H3. The first kappa shape index (κ1) is 17.9. The number of likely N-dealkylation sites (tertiary alicyclic amines) is 1. The topological polar surface area (TPSA) is 85.2 Å². The molecule has 1 aliphatic rings. The second-order valence-corrected chi connectivity index (χ2v) is 7.55. The molecule has 2 N–H and O–H groups in total. The minimum atomic E-state index is 0.0789. The van der Waals surface area contributed by atoms with Gasteiger partial charge in [-0.1, -0.05) is 17.3 Å². The Balaban J connectivity index is 1.72. The summed E-state index contributed by atoms with van der Waals surface area (Å²) in [6.45, 7) is 5.34. The lowest BCUT2D eigenvalue weighted by molar-refractivity contribution is 0.0657. The summed E-state index contributed by atoms with van der Waals surface area (Å²) >= 11 is 1.54. The summed E-state index contributed by atoms with van der Waals surface area (Å²) in [5, 5.41) is 3.80. The highest BCUT2D eigenvalue weighted by atomic mass is 32.2. The highest BCUT2D eigenvalue weighted by molar-refractivity contribution is 7.98. The van der Waals surface area contributed by atoms with E-state index in [1.54, 1.807) is 18.7 Å². The predicted octanol–water partition coefficient (Wildman–Crippen LogP) is 2.87. The molecule has 0 saturated carbocycles. The molecule has 7 heteroatoms. The van der Waals surface area contributed by atoms with E-state index in [2.05, 4.69) is 10.1 Å². The molecule has 0 aliphatic carbocycles. The third-order valence-corrected chi connectivity index (χ3v) is 5.59. The van der Waals surface area contributed by atoms with Gasteiger partial charge in [0.15, 0.2) is 5.82 Å². The number of carbonyl (C=O) groups excluding carboxylic acids is 1. The molecule has 0 spiro atoms. The average molecular weight is 360 g/mol. The van der Waals surface area contributed by atoms with Crippen LogP contribution in [0, 0.1) is 12.8 Å². The third-order valence-electron chi connectivity index (χ3n) is 4.53. The number of amides is 1. The van der Waals surface area contributed by atoms with Gasteiger partial charge in [0.05, 0.1) is 11.3 Å². The van der Waals surface area contributed by atoms with Crippen LogP contribution in [0.4, 0.5) is 0 Å². The number of aryl methyl sites for hydroxylation is 1. The normalized spacial score (nSPS) is 19.0. The number of hydrogen-bond donors (Lipinski definition) is 1. The van der Waals surface area contributed by atoms with Crippen molar-refractivity contribution in [2.75, 3.05) is 13.1 Å². The maximum absolute atomic E-state index is 13.0. The minimum Gasteiger partial charge on any atom is -0.338 e. The van der Waals surface area contributed by atoms with Gasteiger partial charge in [0.1, 0.15) is 0 Å². The molecule has 1 amide bonds. The Morgan fingerprint density at radius 2 is 2.28 bits per heavy atom. The lowest BCUT2D eigenvalue weighted by atomic mass is 9.92. The quantitative estimate of drug-likeness (QED) is 0.825. The molecule has 2 heterocycles. The summed E-state index contributed by atoms with van der Waals surface area (Å²) in [5.74, 6) is 2.19. The third kappa shape index (κ3) is 4.41. The zero-order chi connectivity index (χ0) is 17.8. The van der Waals surface area contributed by atoms with E-state index in [0.29, 0.717) is 23.4 Å². The van der Waals surface area contributed by atoms with Crippen LogP contribution < -0.4 is 5.73 Å². The van der Waals surface area contributed by atoms with Crippen LogP contribution in [0.15, 0.2) is 33.7 Å². The molecule has 3 rings (SSSR count). The van der Waals surface area contributed by atoms with Crippen molar-refractivity contribution >= 4 is 17.7 Å². The van der Waals surface area contributed by atoms with Gasteiger partial charge < -0.3 is 15.2 Å². The van der Waals surface area contributed by atoms with Crippen LogP contribution in [0.3, 0.4) is 0 Å². The van der Waals surface area contributed by atoms with Gasteiger partial charge in [0, 0.05) is 24.0 Å². The van der Waals surface area contributed by atoms with Crippen molar-refractivity contribution in [1.82, 2.24) is 15.0 Å². The summed E-state index contributed by atoms with van der Waals surface area (Å²) in [6, 6.07) is 7.81. The van der Waals surface area contributed by atoms with Gasteiger partial charge in [0.2, 0.25) is 5.89 Å². The van der Waals surface area contributed by atoms with Gasteiger partial charge >= 0.3 is 0 Å². The van der Waals surface area contributed by atoms with Gasteiger partial charge in [-0.15, -0.1) is 11.8 Å². The molecule has 6 nitrogen and oxygen atoms in total. The van der Waals surface area contributed by atoms with E-state index < -0.39 is 0 Å². The van der Waals surface area contributed by atoms with Crippen LogP contribution in [0.25, 0.3) is 0 Å². The Morgan fingerprint density at radius 1 is 1.48 bits per heavy atom. The van der Waals surface area contributed by atoms with Crippen molar-refractivity contribution in [3.8, 4) is 0 Å². The van der Waals surface area contributed by atoms with Crippen LogP contribution in [-0.2, 0) is 5.75 Å². The molecule has 0 bridgehead atoms. The molecule has 1 fully saturated rings. The Labute approximate surface area is 152 Å². The number of aromatic nitrogens is 2. The summed E-state index contributed by atoms with van der Waals surface area (Å²) < 4.78 is 5.15. The molecular formula is C18H24N4O2S. The fraction of sp³-hybridized carbons (Fsp3) is 0.500. The van der Waals surface area contributed by atoms with E-state index in [1.165, 1.54) is 0 Å². The monoisotopic (exact) mass is 360 g/mol. The Kier molecular flexibility index (Phi) is 5.75. The molecule has 0 radical (unpaired) electrons. The predicted molar refractivity (Wildman–Crippen MR) is 97.3 cm³/mol. The van der Waals surface area contributed by atoms with Crippen LogP contribution in [-0.4, -0.2) is 40.1 Å². The van der Waals surface area contributed by atoms with Gasteiger partial charge in [0.25, 0.3) is 5.91 Å². The van der Waals surface area contributed by atoms with E-state index >= 15 is 0 Å². The summed E-state index contributed by atoms with van der Waals surface area (Å²) in [5.41, 5.74) is 6.78. The first-order chi connectivity index (χ1) is 12.0. The largest absolute Gasteiger partial charge is 0.338 e. The molecule has 1 aromatic carbocycles. The SMILES string of the molecule is Cc1noc(CSc2ccccc2C(=O)N2CCCC(C(C)N)C2)n1. The zero-order valence-corrected chi connectivity index (χ0v) is 15.5. The molecule has 2 atom stereocenters. The minimum absolute atomic E-state index is 0.0789. The number of nitrogens with zero attached hydrogens (tertiary/aromatic N) is 3. The molecule has 1 aliphatic heterocycles. The molecule has 1 saturated heterocycles. The van der Waals surface area contributed by atoms with Gasteiger partial charge in [-0.2, -0.15) is 4.98 Å². The van der Waals surface area contributed by atoms with E-state index in [-0.39, 0.29) is 11.9 Å². The average Bonchev–Trinajstić information content (AvgIpc) is 3.05. The van der Waals surface area contributed by atoms with E-state index in [0.717, 1.165) is 36.4 Å². The lowest BCUT2D eigenvalue weighted by Crippen LogP contribution is -2.45. The summed E-state index contributed by atoms with van der Waals surface area (Å²) in [7, 11) is 0. The van der Waals surface area contributed by atoms with Crippen LogP contribution in [0.1, 0.15) is 41.8 Å². The molecule has 2 unspecified atom stereocenters. The van der Waals surface area contributed by atoms with Crippen molar-refractivity contribution in [3.63, 3.8) is 0 Å². The Hall–Kier alpha value is -1.86. The van der Waals surface area contributed by atoms with Crippen molar-refractivity contribution in [3.05, 3.63) is 41.5 Å². The molecule has 1 aromatic heterocycles. The van der Waals surface area contributed by atoms with E-state index in [1.807, 2.05) is 36.1 Å². The van der Waals surface area contributed by atoms with Crippen LogP contribution >= 0.6 is 11.8 Å². The number of piperidine rings is 1. The number of carbonyl (C=O) groups is 1. The number of nitrogens with two attached hydrogens (primary N) is 1. The summed E-state index contributed by atoms with van der Waals surface area (Å²) in [6.07, 6.45) is 2.10.